The van der Waals surface area contributed by atoms with E-state index in [4.69, 9.17) is 19.4 Å². The Bertz CT molecular complexity index is 1280. The Balaban J connectivity index is 1.35. The van der Waals surface area contributed by atoms with Gasteiger partial charge in [0.25, 0.3) is 0 Å². The van der Waals surface area contributed by atoms with E-state index in [9.17, 15) is 10.1 Å². The molecule has 3 aliphatic heterocycles. The average Bonchev–Trinajstić information content (AvgIpc) is 3.40. The number of fused-ring (bicyclic) bond motifs is 2. The summed E-state index contributed by atoms with van der Waals surface area (Å²) in [6.07, 6.45) is 6.29. The number of ether oxygens (including phenoxy) is 2. The predicted molar refractivity (Wildman–Crippen MR) is 137 cm³/mol. The number of carbonyl (C=O) groups is 1. The fourth-order valence-electron chi connectivity index (χ4n) is 6.34. The van der Waals surface area contributed by atoms with Crippen molar-refractivity contribution in [1.82, 2.24) is 19.9 Å². The summed E-state index contributed by atoms with van der Waals surface area (Å²) in [5.41, 5.74) is 1.000. The minimum Gasteiger partial charge on any atom is -0.444 e. The highest BCUT2D eigenvalue weighted by Crippen LogP contribution is 2.57. The van der Waals surface area contributed by atoms with Crippen LogP contribution in [0.3, 0.4) is 0 Å². The SMILES string of the molecule is CN(C(=O)OC(C)(C)C)C1CN(c2ncnc3c2C2(CCC2)CN3c2cc(C#N)ccn2)CC12COC2. The largest absolute Gasteiger partial charge is 0.444 e. The van der Waals surface area contributed by atoms with Crippen LogP contribution >= 0.6 is 0 Å². The molecule has 194 valence electrons. The Morgan fingerprint density at radius 3 is 2.59 bits per heavy atom. The number of anilines is 3. The second-order valence-corrected chi connectivity index (χ2v) is 12.0. The summed E-state index contributed by atoms with van der Waals surface area (Å²) in [6.45, 7) is 9.06. The normalized spacial score (nSPS) is 22.8. The minimum absolute atomic E-state index is 0.0331. The van der Waals surface area contributed by atoms with Gasteiger partial charge in [0, 0.05) is 43.9 Å². The third-order valence-corrected chi connectivity index (χ3v) is 8.35. The first kappa shape index (κ1) is 23.9. The number of pyridine rings is 1. The summed E-state index contributed by atoms with van der Waals surface area (Å²) in [6, 6.07) is 5.71. The van der Waals surface area contributed by atoms with E-state index in [2.05, 4.69) is 20.9 Å². The summed E-state index contributed by atoms with van der Waals surface area (Å²) in [5.74, 6) is 2.55. The Morgan fingerprint density at radius 1 is 1.22 bits per heavy atom. The highest BCUT2D eigenvalue weighted by atomic mass is 16.6. The number of nitriles is 1. The van der Waals surface area contributed by atoms with Crippen molar-refractivity contribution in [3.63, 3.8) is 0 Å². The highest BCUT2D eigenvalue weighted by molar-refractivity contribution is 5.75. The number of carbonyl (C=O) groups excluding carboxylic acids is 1. The van der Waals surface area contributed by atoms with Gasteiger partial charge in [-0.15, -0.1) is 0 Å². The first-order chi connectivity index (χ1) is 17.6. The number of aromatic nitrogens is 3. The van der Waals surface area contributed by atoms with Crippen molar-refractivity contribution < 1.29 is 14.3 Å². The summed E-state index contributed by atoms with van der Waals surface area (Å²) >= 11 is 0. The van der Waals surface area contributed by atoms with E-state index >= 15 is 0 Å². The van der Waals surface area contributed by atoms with Gasteiger partial charge in [0.1, 0.15) is 29.4 Å². The summed E-state index contributed by atoms with van der Waals surface area (Å²) in [7, 11) is 1.83. The van der Waals surface area contributed by atoms with Crippen molar-refractivity contribution in [2.24, 2.45) is 5.41 Å². The van der Waals surface area contributed by atoms with Gasteiger partial charge < -0.3 is 24.2 Å². The molecule has 2 spiro atoms. The average molecular weight is 504 g/mol. The third kappa shape index (κ3) is 3.79. The summed E-state index contributed by atoms with van der Waals surface area (Å²) < 4.78 is 11.4. The maximum atomic E-state index is 13.0. The molecule has 2 aromatic heterocycles. The van der Waals surface area contributed by atoms with Crippen LogP contribution in [0.4, 0.5) is 22.2 Å². The van der Waals surface area contributed by atoms with Crippen LogP contribution in [0.1, 0.15) is 51.2 Å². The van der Waals surface area contributed by atoms with E-state index in [-0.39, 0.29) is 23.0 Å². The summed E-state index contributed by atoms with van der Waals surface area (Å²) in [4.78, 5) is 33.3. The number of amides is 1. The van der Waals surface area contributed by atoms with Crippen LogP contribution in [0.2, 0.25) is 0 Å². The molecule has 3 fully saturated rings. The van der Waals surface area contributed by atoms with Gasteiger partial charge in [-0.2, -0.15) is 5.26 Å². The van der Waals surface area contributed by atoms with Gasteiger partial charge in [-0.1, -0.05) is 6.42 Å². The molecule has 0 radical (unpaired) electrons. The molecule has 37 heavy (non-hydrogen) atoms. The first-order valence-electron chi connectivity index (χ1n) is 12.9. The lowest BCUT2D eigenvalue weighted by Gasteiger charge is -2.45. The smallest absolute Gasteiger partial charge is 0.410 e. The second-order valence-electron chi connectivity index (χ2n) is 12.0. The zero-order valence-electron chi connectivity index (χ0n) is 21.9. The lowest BCUT2D eigenvalue weighted by molar-refractivity contribution is -0.128. The topological polar surface area (TPSA) is 108 Å². The standard InChI is InChI=1S/C27H33N7O3/c1-25(2,3)37-24(35)32(4)19-12-33(13-27(19)15-36-16-27)22-21-23(31-17-30-22)34(14-26(21)7-5-8-26)20-10-18(11-28)6-9-29-20/h6,9-10,17,19H,5,7-8,12-16H2,1-4H3. The first-order valence-corrected chi connectivity index (χ1v) is 12.9. The quantitative estimate of drug-likeness (QED) is 0.623. The summed E-state index contributed by atoms with van der Waals surface area (Å²) in [5, 5.41) is 9.42. The van der Waals surface area contributed by atoms with Crippen molar-refractivity contribution >= 4 is 23.5 Å². The zero-order valence-corrected chi connectivity index (χ0v) is 21.9. The number of hydrogen-bond acceptors (Lipinski definition) is 9. The van der Waals surface area contributed by atoms with Gasteiger partial charge in [-0.25, -0.2) is 19.7 Å². The number of nitrogens with zero attached hydrogens (tertiary/aromatic N) is 7. The fourth-order valence-corrected chi connectivity index (χ4v) is 6.34. The Labute approximate surface area is 217 Å². The van der Waals surface area contributed by atoms with Gasteiger partial charge >= 0.3 is 6.09 Å². The molecule has 1 atom stereocenters. The van der Waals surface area contributed by atoms with Crippen LogP contribution in [0.5, 0.6) is 0 Å². The van der Waals surface area contributed by atoms with Crippen LogP contribution in [0, 0.1) is 16.7 Å². The number of hydrogen-bond donors (Lipinski definition) is 0. The maximum absolute atomic E-state index is 13.0. The fraction of sp³-hybridized carbons (Fsp3) is 0.593. The predicted octanol–water partition coefficient (Wildman–Crippen LogP) is 3.39. The van der Waals surface area contributed by atoms with Gasteiger partial charge in [-0.3, -0.25) is 0 Å². The molecule has 10 nitrogen and oxygen atoms in total. The maximum Gasteiger partial charge on any atom is 0.410 e. The van der Waals surface area contributed by atoms with E-state index in [1.165, 1.54) is 5.56 Å². The molecule has 6 rings (SSSR count). The van der Waals surface area contributed by atoms with Crippen molar-refractivity contribution in [3.05, 3.63) is 35.8 Å². The lowest BCUT2D eigenvalue weighted by atomic mass is 9.66. The minimum atomic E-state index is -0.558. The molecular weight excluding hydrogens is 470 g/mol. The molecule has 4 aliphatic rings. The lowest BCUT2D eigenvalue weighted by Crippen LogP contribution is -2.58. The van der Waals surface area contributed by atoms with Gasteiger partial charge in [-0.05, 0) is 45.7 Å². The molecule has 1 saturated carbocycles. The molecule has 1 aliphatic carbocycles. The second kappa shape index (κ2) is 8.28. The van der Waals surface area contributed by atoms with E-state index < -0.39 is 5.60 Å². The van der Waals surface area contributed by atoms with Crippen LogP contribution in [0.15, 0.2) is 24.7 Å². The molecule has 10 heteroatoms. The molecule has 2 saturated heterocycles. The van der Waals surface area contributed by atoms with Crippen LogP contribution in [-0.4, -0.2) is 77.5 Å². The molecule has 2 aromatic rings. The van der Waals surface area contributed by atoms with E-state index in [1.54, 1.807) is 23.5 Å². The Morgan fingerprint density at radius 2 is 1.97 bits per heavy atom. The number of rotatable bonds is 3. The monoisotopic (exact) mass is 503 g/mol. The van der Waals surface area contributed by atoms with Gasteiger partial charge in [0.05, 0.1) is 36.3 Å². The Kier molecular flexibility index (Phi) is 5.35. The molecule has 5 heterocycles. The van der Waals surface area contributed by atoms with Gasteiger partial charge in [0.15, 0.2) is 0 Å². The Hall–Kier alpha value is -3.45. The number of likely N-dealkylation sites (N-methyl/N-ethyl adjacent to an activating group) is 1. The van der Waals surface area contributed by atoms with Gasteiger partial charge in [0.2, 0.25) is 0 Å². The van der Waals surface area contributed by atoms with Crippen LogP contribution in [0.25, 0.3) is 0 Å². The van der Waals surface area contributed by atoms with E-state index in [0.29, 0.717) is 25.3 Å². The van der Waals surface area contributed by atoms with E-state index in [1.807, 2.05) is 33.9 Å². The van der Waals surface area contributed by atoms with Crippen molar-refractivity contribution in [2.45, 2.75) is 57.1 Å². The van der Waals surface area contributed by atoms with Crippen molar-refractivity contribution in [3.8, 4) is 6.07 Å². The molecule has 0 N–H and O–H groups in total. The zero-order chi connectivity index (χ0) is 26.0. The van der Waals surface area contributed by atoms with Crippen molar-refractivity contribution in [2.75, 3.05) is 49.7 Å². The third-order valence-electron chi connectivity index (χ3n) is 8.35. The molecule has 0 bridgehead atoms. The highest BCUT2D eigenvalue weighted by Gasteiger charge is 2.57. The molecule has 0 aromatic carbocycles. The molecule has 1 unspecified atom stereocenters. The van der Waals surface area contributed by atoms with Crippen molar-refractivity contribution in [1.29, 1.82) is 5.26 Å². The van der Waals surface area contributed by atoms with E-state index in [0.717, 1.165) is 49.8 Å². The molecular formula is C27H33N7O3. The molecule has 1 amide bonds. The van der Waals surface area contributed by atoms with Crippen LogP contribution < -0.4 is 9.80 Å². The van der Waals surface area contributed by atoms with Crippen LogP contribution in [-0.2, 0) is 14.9 Å².